The van der Waals surface area contributed by atoms with Crippen LogP contribution in [0.1, 0.15) is 31.2 Å². The Hall–Kier alpha value is -2.40. The topological polar surface area (TPSA) is 0 Å². The van der Waals surface area contributed by atoms with Gasteiger partial charge in [-0.25, -0.2) is 8.78 Å². The minimum Gasteiger partial charge on any atom is -0.204 e. The number of hydrogen-bond donors (Lipinski definition) is 0. The van der Waals surface area contributed by atoms with Crippen LogP contribution in [0.5, 0.6) is 0 Å². The SMILES string of the molecule is C=CC1CCC(C#Cc2ccc(-c3ccc(F)c(F)c3)cc2)CC1. The first-order valence-electron chi connectivity index (χ1n) is 8.35. The fourth-order valence-corrected chi connectivity index (χ4v) is 3.11. The maximum atomic E-state index is 13.3. The summed E-state index contributed by atoms with van der Waals surface area (Å²) in [5.41, 5.74) is 2.47. The van der Waals surface area contributed by atoms with Gasteiger partial charge < -0.3 is 0 Å². The molecule has 1 aliphatic carbocycles. The van der Waals surface area contributed by atoms with Gasteiger partial charge in [-0.3, -0.25) is 0 Å². The average Bonchev–Trinajstić information content (AvgIpc) is 2.63. The molecule has 1 fully saturated rings. The van der Waals surface area contributed by atoms with Gasteiger partial charge in [-0.1, -0.05) is 36.1 Å². The molecular formula is C22H20F2. The highest BCUT2D eigenvalue weighted by atomic mass is 19.2. The minimum atomic E-state index is -0.827. The zero-order valence-electron chi connectivity index (χ0n) is 13.6. The summed E-state index contributed by atoms with van der Waals surface area (Å²) in [6.45, 7) is 3.87. The lowest BCUT2D eigenvalue weighted by molar-refractivity contribution is 0.365. The molecule has 0 heterocycles. The highest BCUT2D eigenvalue weighted by Gasteiger charge is 2.17. The molecule has 0 unspecified atom stereocenters. The lowest BCUT2D eigenvalue weighted by atomic mass is 9.82. The van der Waals surface area contributed by atoms with Gasteiger partial charge in [-0.2, -0.15) is 0 Å². The lowest BCUT2D eigenvalue weighted by Crippen LogP contribution is -2.11. The van der Waals surface area contributed by atoms with Crippen LogP contribution < -0.4 is 0 Å². The van der Waals surface area contributed by atoms with Crippen LogP contribution in [-0.4, -0.2) is 0 Å². The molecule has 2 aromatic rings. The lowest BCUT2D eigenvalue weighted by Gasteiger charge is -2.22. The Balaban J connectivity index is 1.68. The van der Waals surface area contributed by atoms with E-state index in [0.29, 0.717) is 17.4 Å². The molecule has 0 aliphatic heterocycles. The smallest absolute Gasteiger partial charge is 0.159 e. The summed E-state index contributed by atoms with van der Waals surface area (Å²) in [6, 6.07) is 11.6. The molecule has 3 rings (SSSR count). The number of allylic oxidation sites excluding steroid dienone is 1. The predicted octanol–water partition coefficient (Wildman–Crippen LogP) is 5.98. The summed E-state index contributed by atoms with van der Waals surface area (Å²) in [5.74, 6) is 6.06. The second kappa shape index (κ2) is 7.45. The summed E-state index contributed by atoms with van der Waals surface area (Å²) in [5, 5.41) is 0. The predicted molar refractivity (Wildman–Crippen MR) is 94.3 cm³/mol. The average molecular weight is 322 g/mol. The third-order valence-electron chi connectivity index (χ3n) is 4.66. The molecule has 0 amide bonds. The maximum Gasteiger partial charge on any atom is 0.159 e. The van der Waals surface area contributed by atoms with Gasteiger partial charge in [-0.05, 0) is 67.0 Å². The third kappa shape index (κ3) is 3.92. The number of benzene rings is 2. The van der Waals surface area contributed by atoms with Gasteiger partial charge in [0.25, 0.3) is 0 Å². The Morgan fingerprint density at radius 3 is 2.17 bits per heavy atom. The molecule has 0 bridgehead atoms. The van der Waals surface area contributed by atoms with Crippen LogP contribution in [-0.2, 0) is 0 Å². The van der Waals surface area contributed by atoms with Crippen molar-refractivity contribution >= 4 is 0 Å². The molecule has 2 heteroatoms. The summed E-state index contributed by atoms with van der Waals surface area (Å²) in [7, 11) is 0. The van der Waals surface area contributed by atoms with Crippen molar-refractivity contribution < 1.29 is 8.78 Å². The number of hydrogen-bond acceptors (Lipinski definition) is 0. The highest BCUT2D eigenvalue weighted by molar-refractivity contribution is 5.64. The Morgan fingerprint density at radius 1 is 0.875 bits per heavy atom. The second-order valence-electron chi connectivity index (χ2n) is 6.32. The second-order valence-corrected chi connectivity index (χ2v) is 6.32. The van der Waals surface area contributed by atoms with Crippen molar-refractivity contribution in [3.05, 3.63) is 72.3 Å². The van der Waals surface area contributed by atoms with Crippen molar-refractivity contribution in [3.63, 3.8) is 0 Å². The fraction of sp³-hybridized carbons (Fsp3) is 0.273. The van der Waals surface area contributed by atoms with E-state index in [1.54, 1.807) is 6.07 Å². The summed E-state index contributed by atoms with van der Waals surface area (Å²) in [6.07, 6.45) is 6.68. The molecular weight excluding hydrogens is 302 g/mol. The summed E-state index contributed by atoms with van der Waals surface area (Å²) < 4.78 is 26.3. The van der Waals surface area contributed by atoms with Gasteiger partial charge in [0.2, 0.25) is 0 Å². The van der Waals surface area contributed by atoms with E-state index in [2.05, 4.69) is 24.5 Å². The molecule has 1 aliphatic rings. The van der Waals surface area contributed by atoms with Crippen LogP contribution in [0.15, 0.2) is 55.1 Å². The Morgan fingerprint density at radius 2 is 1.54 bits per heavy atom. The van der Waals surface area contributed by atoms with Gasteiger partial charge in [-0.15, -0.1) is 6.58 Å². The minimum absolute atomic E-state index is 0.465. The molecule has 0 saturated heterocycles. The van der Waals surface area contributed by atoms with Gasteiger partial charge in [0, 0.05) is 11.5 Å². The van der Waals surface area contributed by atoms with Crippen LogP contribution in [0.4, 0.5) is 8.78 Å². The van der Waals surface area contributed by atoms with Crippen LogP contribution in [0.3, 0.4) is 0 Å². The Kier molecular flexibility index (Phi) is 5.11. The van der Waals surface area contributed by atoms with Crippen LogP contribution in [0, 0.1) is 35.3 Å². The highest BCUT2D eigenvalue weighted by Crippen LogP contribution is 2.29. The van der Waals surface area contributed by atoms with E-state index in [0.717, 1.165) is 30.0 Å². The Labute approximate surface area is 142 Å². The van der Waals surface area contributed by atoms with E-state index < -0.39 is 11.6 Å². The maximum absolute atomic E-state index is 13.3. The van der Waals surface area contributed by atoms with Gasteiger partial charge >= 0.3 is 0 Å². The van der Waals surface area contributed by atoms with Gasteiger partial charge in [0.1, 0.15) is 0 Å². The van der Waals surface area contributed by atoms with E-state index in [-0.39, 0.29) is 0 Å². The third-order valence-corrected chi connectivity index (χ3v) is 4.66. The first-order chi connectivity index (χ1) is 11.7. The van der Waals surface area contributed by atoms with Crippen molar-refractivity contribution in [2.24, 2.45) is 11.8 Å². The summed E-state index contributed by atoms with van der Waals surface area (Å²) >= 11 is 0. The van der Waals surface area contributed by atoms with Crippen LogP contribution in [0.25, 0.3) is 11.1 Å². The molecule has 0 nitrogen and oxygen atoms in total. The normalized spacial score (nSPS) is 20.1. The van der Waals surface area contributed by atoms with E-state index in [4.69, 9.17) is 0 Å². The Bertz CT molecular complexity index is 770. The van der Waals surface area contributed by atoms with E-state index in [9.17, 15) is 8.78 Å². The molecule has 0 atom stereocenters. The molecule has 24 heavy (non-hydrogen) atoms. The quantitative estimate of drug-likeness (QED) is 0.471. The first-order valence-corrected chi connectivity index (χ1v) is 8.35. The van der Waals surface area contributed by atoms with Gasteiger partial charge in [0.15, 0.2) is 11.6 Å². The fourth-order valence-electron chi connectivity index (χ4n) is 3.11. The molecule has 1 saturated carbocycles. The van der Waals surface area contributed by atoms with Crippen molar-refractivity contribution in [2.75, 3.05) is 0 Å². The van der Waals surface area contributed by atoms with Crippen molar-refractivity contribution in [1.29, 1.82) is 0 Å². The van der Waals surface area contributed by atoms with Crippen molar-refractivity contribution in [2.45, 2.75) is 25.7 Å². The largest absolute Gasteiger partial charge is 0.204 e. The zero-order valence-corrected chi connectivity index (χ0v) is 13.6. The molecule has 2 aromatic carbocycles. The standard InChI is InChI=1S/C22H20F2/c1-2-16-3-5-17(6-4-16)7-8-18-9-11-19(12-10-18)20-13-14-21(23)22(24)15-20/h2,9-17H,1,3-6H2. The molecule has 0 N–H and O–H groups in total. The van der Waals surface area contributed by atoms with Crippen LogP contribution >= 0.6 is 0 Å². The molecule has 122 valence electrons. The van der Waals surface area contributed by atoms with Gasteiger partial charge in [0.05, 0.1) is 0 Å². The molecule has 0 aromatic heterocycles. The van der Waals surface area contributed by atoms with E-state index >= 15 is 0 Å². The zero-order chi connectivity index (χ0) is 16.9. The molecule has 0 radical (unpaired) electrons. The monoisotopic (exact) mass is 322 g/mol. The summed E-state index contributed by atoms with van der Waals surface area (Å²) in [4.78, 5) is 0. The van der Waals surface area contributed by atoms with Crippen molar-refractivity contribution in [3.8, 4) is 23.0 Å². The van der Waals surface area contributed by atoms with Crippen LogP contribution in [0.2, 0.25) is 0 Å². The van der Waals surface area contributed by atoms with E-state index in [1.807, 2.05) is 24.3 Å². The number of rotatable bonds is 2. The van der Waals surface area contributed by atoms with Crippen molar-refractivity contribution in [1.82, 2.24) is 0 Å². The first kappa shape index (κ1) is 16.5. The van der Waals surface area contributed by atoms with E-state index in [1.165, 1.54) is 18.9 Å². The molecule has 0 spiro atoms. The number of halogens is 2.